The van der Waals surface area contributed by atoms with Crippen LogP contribution < -0.4 is 15.4 Å². The summed E-state index contributed by atoms with van der Waals surface area (Å²) >= 11 is 6.55. The molecule has 5 rings (SSSR count). The Morgan fingerprint density at radius 3 is 2.65 bits per heavy atom. The van der Waals surface area contributed by atoms with Crippen LogP contribution in [0.25, 0.3) is 16.7 Å². The van der Waals surface area contributed by atoms with Gasteiger partial charge < -0.3 is 20.1 Å². The fourth-order valence-corrected chi connectivity index (χ4v) is 4.54. The fourth-order valence-electron chi connectivity index (χ4n) is 4.25. The van der Waals surface area contributed by atoms with Gasteiger partial charge in [0.05, 0.1) is 35.4 Å². The first-order valence-corrected chi connectivity index (χ1v) is 11.6. The molecular weight excluding hydrogens is 458 g/mol. The van der Waals surface area contributed by atoms with Gasteiger partial charge in [0, 0.05) is 45.9 Å². The number of benzene rings is 1. The normalized spacial score (nSPS) is 15.0. The van der Waals surface area contributed by atoms with Crippen LogP contribution in [0.1, 0.15) is 5.82 Å². The van der Waals surface area contributed by atoms with E-state index >= 15 is 0 Å². The number of rotatable bonds is 8. The average molecular weight is 486 g/mol. The Bertz CT molecular complexity index is 1300. The van der Waals surface area contributed by atoms with Crippen molar-refractivity contribution >= 4 is 39.9 Å². The maximum absolute atomic E-state index is 6.55. The number of piperazine rings is 1. The third-order valence-corrected chi connectivity index (χ3v) is 6.32. The summed E-state index contributed by atoms with van der Waals surface area (Å²) in [6, 6.07) is 5.85. The summed E-state index contributed by atoms with van der Waals surface area (Å²) in [5.41, 5.74) is 8.55. The van der Waals surface area contributed by atoms with E-state index in [1.807, 2.05) is 29.8 Å². The lowest BCUT2D eigenvalue weighted by molar-refractivity contribution is 0.146. The molecule has 0 radical (unpaired) electrons. The van der Waals surface area contributed by atoms with Gasteiger partial charge in [-0.05, 0) is 19.1 Å². The summed E-state index contributed by atoms with van der Waals surface area (Å²) in [5.74, 6) is 1.72. The first-order valence-electron chi connectivity index (χ1n) is 11.3. The van der Waals surface area contributed by atoms with Crippen molar-refractivity contribution in [2.45, 2.75) is 13.5 Å². The number of halogens is 1. The number of fused-ring (bicyclic) bond motifs is 3. The number of hydrogen-bond donors (Lipinski definition) is 1. The van der Waals surface area contributed by atoms with Gasteiger partial charge in [-0.25, -0.2) is 9.67 Å². The Labute approximate surface area is 202 Å². The molecule has 1 saturated heterocycles. The van der Waals surface area contributed by atoms with Gasteiger partial charge >= 0.3 is 0 Å². The third kappa shape index (κ3) is 4.46. The number of nitrogen functional groups attached to an aromatic ring is 1. The van der Waals surface area contributed by atoms with Gasteiger partial charge in [-0.15, -0.1) is 5.10 Å². The molecule has 34 heavy (non-hydrogen) atoms. The van der Waals surface area contributed by atoms with E-state index in [4.69, 9.17) is 26.8 Å². The molecule has 0 amide bonds. The van der Waals surface area contributed by atoms with Gasteiger partial charge in [-0.3, -0.25) is 4.90 Å². The second-order valence-corrected chi connectivity index (χ2v) is 8.66. The van der Waals surface area contributed by atoms with E-state index in [0.717, 1.165) is 55.2 Å². The highest BCUT2D eigenvalue weighted by molar-refractivity contribution is 6.33. The average Bonchev–Trinajstić information content (AvgIpc) is 3.42. The van der Waals surface area contributed by atoms with Crippen molar-refractivity contribution in [3.05, 3.63) is 35.2 Å². The highest BCUT2D eigenvalue weighted by atomic mass is 35.5. The van der Waals surface area contributed by atoms with Crippen LogP contribution in [-0.4, -0.2) is 87.3 Å². The number of nitrogens with two attached hydrogens (primary N) is 1. The Balaban J connectivity index is 1.19. The Kier molecular flexibility index (Phi) is 6.40. The van der Waals surface area contributed by atoms with Crippen LogP contribution in [0.15, 0.2) is 24.4 Å². The zero-order chi connectivity index (χ0) is 23.7. The summed E-state index contributed by atoms with van der Waals surface area (Å²) < 4.78 is 14.1. The molecule has 0 saturated carbocycles. The molecular formula is C22H28ClN9O2. The van der Waals surface area contributed by atoms with Gasteiger partial charge in [-0.2, -0.15) is 14.6 Å². The van der Waals surface area contributed by atoms with Crippen LogP contribution >= 0.6 is 11.6 Å². The number of hydrogen-bond acceptors (Lipinski definition) is 9. The highest BCUT2D eigenvalue weighted by Gasteiger charge is 2.20. The zero-order valence-corrected chi connectivity index (χ0v) is 20.1. The molecule has 3 aromatic heterocycles. The van der Waals surface area contributed by atoms with Crippen molar-refractivity contribution in [2.75, 3.05) is 63.7 Å². The van der Waals surface area contributed by atoms with Crippen molar-refractivity contribution < 1.29 is 9.47 Å². The number of methoxy groups -OCH3 is 1. The second kappa shape index (κ2) is 9.61. The predicted molar refractivity (Wildman–Crippen MR) is 131 cm³/mol. The Hall–Kier alpha value is -3.15. The van der Waals surface area contributed by atoms with E-state index in [1.54, 1.807) is 17.8 Å². The van der Waals surface area contributed by atoms with Gasteiger partial charge in [0.25, 0.3) is 0 Å². The lowest BCUT2D eigenvalue weighted by Gasteiger charge is -2.36. The molecule has 0 atom stereocenters. The molecule has 1 aromatic carbocycles. The number of nitrogens with zero attached hydrogens (tertiary/aromatic N) is 8. The maximum atomic E-state index is 6.55. The maximum Gasteiger partial charge on any atom is 0.225 e. The summed E-state index contributed by atoms with van der Waals surface area (Å²) in [4.78, 5) is 13.7. The van der Waals surface area contributed by atoms with Crippen molar-refractivity contribution in [1.82, 2.24) is 34.3 Å². The fraction of sp³-hybridized carbons (Fsp3) is 0.455. The Morgan fingerprint density at radius 2 is 1.88 bits per heavy atom. The number of aromatic nitrogens is 6. The monoisotopic (exact) mass is 485 g/mol. The molecule has 4 aromatic rings. The smallest absolute Gasteiger partial charge is 0.225 e. The number of ether oxygens (including phenoxy) is 2. The van der Waals surface area contributed by atoms with Gasteiger partial charge in [0.15, 0.2) is 11.3 Å². The molecule has 1 aliphatic rings. The first-order chi connectivity index (χ1) is 16.5. The highest BCUT2D eigenvalue weighted by Crippen LogP contribution is 2.30. The molecule has 0 spiro atoms. The van der Waals surface area contributed by atoms with Gasteiger partial charge in [0.2, 0.25) is 5.95 Å². The van der Waals surface area contributed by atoms with E-state index < -0.39 is 0 Å². The lowest BCUT2D eigenvalue weighted by Crippen LogP contribution is -2.47. The topological polar surface area (TPSA) is 112 Å². The molecule has 2 N–H and O–H groups in total. The third-order valence-electron chi connectivity index (χ3n) is 6.02. The summed E-state index contributed by atoms with van der Waals surface area (Å²) in [6.07, 6.45) is 1.79. The summed E-state index contributed by atoms with van der Waals surface area (Å²) in [7, 11) is 1.65. The van der Waals surface area contributed by atoms with Crippen LogP contribution in [0.4, 0.5) is 11.6 Å². The quantitative estimate of drug-likeness (QED) is 0.374. The van der Waals surface area contributed by atoms with Crippen molar-refractivity contribution in [2.24, 2.45) is 0 Å². The van der Waals surface area contributed by atoms with E-state index in [9.17, 15) is 0 Å². The molecule has 12 heteroatoms. The zero-order valence-electron chi connectivity index (χ0n) is 19.3. The number of aryl methyl sites for hydroxylation is 1. The molecule has 0 aliphatic carbocycles. The molecule has 11 nitrogen and oxygen atoms in total. The number of anilines is 2. The minimum Gasteiger partial charge on any atom is -0.491 e. The minimum atomic E-state index is 0.311. The molecule has 1 fully saturated rings. The molecule has 180 valence electrons. The SMILES string of the molecule is COCCOc1ccc(N2CCN(CCn3ncc4c3nc(N)n3nc(C)nc43)CC2)c(Cl)c1. The van der Waals surface area contributed by atoms with E-state index in [0.29, 0.717) is 42.2 Å². The Morgan fingerprint density at radius 1 is 1.06 bits per heavy atom. The van der Waals surface area contributed by atoms with Crippen LogP contribution in [0.3, 0.4) is 0 Å². The van der Waals surface area contributed by atoms with Crippen molar-refractivity contribution in [3.8, 4) is 5.75 Å². The van der Waals surface area contributed by atoms with Crippen molar-refractivity contribution in [1.29, 1.82) is 0 Å². The standard InChI is InChI=1S/C22H28ClN9O2/c1-15-26-21-17-14-25-31(20(17)27-22(24)32(21)28-15)10-7-29-5-8-30(9-6-29)19-4-3-16(13-18(19)23)34-12-11-33-2/h3-4,13-14H,5-12H2,1-2H3,(H2,24,27). The minimum absolute atomic E-state index is 0.311. The van der Waals surface area contributed by atoms with Crippen LogP contribution in [0, 0.1) is 6.92 Å². The summed E-state index contributed by atoms with van der Waals surface area (Å²) in [5, 5.41) is 10.4. The molecule has 0 bridgehead atoms. The van der Waals surface area contributed by atoms with Gasteiger partial charge in [-0.1, -0.05) is 11.6 Å². The van der Waals surface area contributed by atoms with E-state index in [1.165, 1.54) is 0 Å². The van der Waals surface area contributed by atoms with Gasteiger partial charge in [0.1, 0.15) is 18.2 Å². The van der Waals surface area contributed by atoms with E-state index in [2.05, 4.69) is 30.0 Å². The van der Waals surface area contributed by atoms with E-state index in [-0.39, 0.29) is 0 Å². The summed E-state index contributed by atoms with van der Waals surface area (Å²) in [6.45, 7) is 8.13. The molecule has 1 aliphatic heterocycles. The first kappa shape index (κ1) is 22.6. The van der Waals surface area contributed by atoms with Crippen LogP contribution in [0.5, 0.6) is 5.75 Å². The van der Waals surface area contributed by atoms with Crippen molar-refractivity contribution in [3.63, 3.8) is 0 Å². The molecule has 4 heterocycles. The van der Waals surface area contributed by atoms with Crippen LogP contribution in [-0.2, 0) is 11.3 Å². The van der Waals surface area contributed by atoms with Crippen LogP contribution in [0.2, 0.25) is 5.02 Å². The lowest BCUT2D eigenvalue weighted by atomic mass is 10.2. The second-order valence-electron chi connectivity index (χ2n) is 8.25. The predicted octanol–water partition coefficient (Wildman–Crippen LogP) is 1.87. The largest absolute Gasteiger partial charge is 0.491 e. The molecule has 0 unspecified atom stereocenters.